The zero-order valence-corrected chi connectivity index (χ0v) is 20.5. The fourth-order valence-electron chi connectivity index (χ4n) is 4.10. The zero-order chi connectivity index (χ0) is 24.9. The molecule has 0 unspecified atom stereocenters. The molecule has 2 aromatic carbocycles. The van der Waals surface area contributed by atoms with Crippen molar-refractivity contribution in [1.82, 2.24) is 14.7 Å². The number of anilines is 1. The molecule has 1 N–H and O–H groups in total. The van der Waals surface area contributed by atoms with Crippen molar-refractivity contribution >= 4 is 35.1 Å². The van der Waals surface area contributed by atoms with Crippen molar-refractivity contribution < 1.29 is 19.1 Å². The van der Waals surface area contributed by atoms with Crippen molar-refractivity contribution in [3.05, 3.63) is 76.1 Å². The van der Waals surface area contributed by atoms with Crippen LogP contribution in [0.5, 0.6) is 0 Å². The highest BCUT2D eigenvalue weighted by atomic mass is 35.5. The standard InChI is InChI=1S/C26H27ClN4O4/c1-3-35-26(34)22-16-28-31(17(22)2)20-10-7-18(8-11-20)24(32)29-23-15-19(27)9-12-21(23)25(33)30-13-5-4-6-14-30/h7-12,15-16H,3-6,13-14H2,1-2H3,(H,29,32). The molecule has 0 bridgehead atoms. The number of esters is 1. The second-order valence-electron chi connectivity index (χ2n) is 8.32. The maximum absolute atomic E-state index is 13.1. The van der Waals surface area contributed by atoms with Gasteiger partial charge in [0.05, 0.1) is 35.4 Å². The van der Waals surface area contributed by atoms with Crippen molar-refractivity contribution in [3.63, 3.8) is 0 Å². The highest BCUT2D eigenvalue weighted by Gasteiger charge is 2.22. The van der Waals surface area contributed by atoms with Crippen LogP contribution < -0.4 is 5.32 Å². The van der Waals surface area contributed by atoms with Gasteiger partial charge >= 0.3 is 5.97 Å². The summed E-state index contributed by atoms with van der Waals surface area (Å²) in [6, 6.07) is 11.7. The number of nitrogens with one attached hydrogen (secondary N) is 1. The van der Waals surface area contributed by atoms with Gasteiger partial charge in [0.15, 0.2) is 0 Å². The van der Waals surface area contributed by atoms with Gasteiger partial charge in [-0.05, 0) is 75.6 Å². The molecule has 2 heterocycles. The molecule has 0 saturated carbocycles. The number of piperidine rings is 1. The lowest BCUT2D eigenvalue weighted by molar-refractivity contribution is 0.0525. The number of halogens is 1. The average Bonchev–Trinajstić information content (AvgIpc) is 3.26. The number of nitrogens with zero attached hydrogens (tertiary/aromatic N) is 3. The molecule has 1 aliphatic rings. The van der Waals surface area contributed by atoms with Crippen LogP contribution in [0, 0.1) is 6.92 Å². The second-order valence-corrected chi connectivity index (χ2v) is 8.76. The van der Waals surface area contributed by atoms with Crippen molar-refractivity contribution in [2.24, 2.45) is 0 Å². The van der Waals surface area contributed by atoms with Crippen LogP contribution in [0.15, 0.2) is 48.7 Å². The number of hydrogen-bond acceptors (Lipinski definition) is 5. The minimum Gasteiger partial charge on any atom is -0.462 e. The van der Waals surface area contributed by atoms with Gasteiger partial charge in [-0.3, -0.25) is 9.59 Å². The predicted octanol–water partition coefficient (Wildman–Crippen LogP) is 4.89. The molecule has 4 rings (SSSR count). The fraction of sp³-hybridized carbons (Fsp3) is 0.308. The molecule has 1 saturated heterocycles. The Kier molecular flexibility index (Phi) is 7.51. The number of aromatic nitrogens is 2. The highest BCUT2D eigenvalue weighted by molar-refractivity contribution is 6.31. The Morgan fingerprint density at radius 2 is 1.74 bits per heavy atom. The number of carbonyl (C=O) groups is 3. The first-order valence-corrected chi connectivity index (χ1v) is 12.0. The van der Waals surface area contributed by atoms with Crippen molar-refractivity contribution in [2.75, 3.05) is 25.0 Å². The molecule has 0 atom stereocenters. The third-order valence-corrected chi connectivity index (χ3v) is 6.22. The van der Waals surface area contributed by atoms with Crippen molar-refractivity contribution in [3.8, 4) is 5.69 Å². The summed E-state index contributed by atoms with van der Waals surface area (Å²) in [6.07, 6.45) is 4.54. The Morgan fingerprint density at radius 3 is 2.43 bits per heavy atom. The van der Waals surface area contributed by atoms with Crippen molar-refractivity contribution in [1.29, 1.82) is 0 Å². The van der Waals surface area contributed by atoms with E-state index in [0.29, 0.717) is 51.9 Å². The van der Waals surface area contributed by atoms with Crippen LogP contribution in [0.4, 0.5) is 5.69 Å². The summed E-state index contributed by atoms with van der Waals surface area (Å²) < 4.78 is 6.67. The van der Waals surface area contributed by atoms with Crippen LogP contribution in [0.3, 0.4) is 0 Å². The summed E-state index contributed by atoms with van der Waals surface area (Å²) in [6.45, 7) is 5.23. The first kappa shape index (κ1) is 24.5. The summed E-state index contributed by atoms with van der Waals surface area (Å²) in [5, 5.41) is 7.54. The highest BCUT2D eigenvalue weighted by Crippen LogP contribution is 2.25. The zero-order valence-electron chi connectivity index (χ0n) is 19.7. The fourth-order valence-corrected chi connectivity index (χ4v) is 4.27. The normalized spacial score (nSPS) is 13.4. The van der Waals surface area contributed by atoms with Gasteiger partial charge in [-0.1, -0.05) is 11.6 Å². The number of amides is 2. The molecule has 0 radical (unpaired) electrons. The van der Waals surface area contributed by atoms with E-state index >= 15 is 0 Å². The molecule has 3 aromatic rings. The van der Waals surface area contributed by atoms with Gasteiger partial charge in [0.1, 0.15) is 5.56 Å². The summed E-state index contributed by atoms with van der Waals surface area (Å²) in [5.74, 6) is -0.904. The number of benzene rings is 2. The molecule has 1 fully saturated rings. The van der Waals surface area contributed by atoms with Gasteiger partial charge in [-0.2, -0.15) is 5.10 Å². The Bertz CT molecular complexity index is 1250. The monoisotopic (exact) mass is 494 g/mol. The third-order valence-electron chi connectivity index (χ3n) is 5.98. The minimum absolute atomic E-state index is 0.112. The number of ether oxygens (including phenoxy) is 1. The van der Waals surface area contributed by atoms with Crippen LogP contribution in [-0.4, -0.2) is 52.2 Å². The molecular weight excluding hydrogens is 468 g/mol. The molecule has 2 amide bonds. The largest absolute Gasteiger partial charge is 0.462 e. The molecule has 35 heavy (non-hydrogen) atoms. The van der Waals surface area contributed by atoms with Gasteiger partial charge < -0.3 is 15.0 Å². The smallest absolute Gasteiger partial charge is 0.341 e. The van der Waals surface area contributed by atoms with Gasteiger partial charge in [0.25, 0.3) is 11.8 Å². The third kappa shape index (κ3) is 5.38. The number of rotatable bonds is 6. The van der Waals surface area contributed by atoms with Gasteiger partial charge in [-0.25, -0.2) is 9.48 Å². The van der Waals surface area contributed by atoms with E-state index in [0.717, 1.165) is 19.3 Å². The molecule has 0 aliphatic carbocycles. The summed E-state index contributed by atoms with van der Waals surface area (Å²) >= 11 is 6.17. The van der Waals surface area contributed by atoms with Crippen LogP contribution >= 0.6 is 11.6 Å². The van der Waals surface area contributed by atoms with E-state index in [1.165, 1.54) is 6.20 Å². The molecule has 8 nitrogen and oxygen atoms in total. The molecular formula is C26H27ClN4O4. The number of hydrogen-bond donors (Lipinski definition) is 1. The average molecular weight is 495 g/mol. The molecule has 182 valence electrons. The molecule has 1 aromatic heterocycles. The number of carbonyl (C=O) groups excluding carboxylic acids is 3. The van der Waals surface area contributed by atoms with E-state index in [2.05, 4.69) is 10.4 Å². The molecule has 1 aliphatic heterocycles. The first-order chi connectivity index (χ1) is 16.9. The van der Waals surface area contributed by atoms with Crippen LogP contribution in [0.1, 0.15) is 63.0 Å². The van der Waals surface area contributed by atoms with Crippen LogP contribution in [0.25, 0.3) is 5.69 Å². The first-order valence-electron chi connectivity index (χ1n) is 11.6. The second kappa shape index (κ2) is 10.7. The van der Waals surface area contributed by atoms with E-state index in [-0.39, 0.29) is 18.4 Å². The van der Waals surface area contributed by atoms with E-state index in [9.17, 15) is 14.4 Å². The van der Waals surface area contributed by atoms with E-state index in [1.54, 1.807) is 61.0 Å². The maximum atomic E-state index is 13.1. The summed E-state index contributed by atoms with van der Waals surface area (Å²) in [7, 11) is 0. The van der Waals surface area contributed by atoms with Gasteiger partial charge in [0.2, 0.25) is 0 Å². The molecule has 9 heteroatoms. The van der Waals surface area contributed by atoms with Gasteiger partial charge in [0, 0.05) is 23.7 Å². The topological polar surface area (TPSA) is 93.5 Å². The SMILES string of the molecule is CCOC(=O)c1cnn(-c2ccc(C(=O)Nc3cc(Cl)ccc3C(=O)N3CCCCC3)cc2)c1C. The van der Waals surface area contributed by atoms with E-state index < -0.39 is 5.97 Å². The Labute approximate surface area is 208 Å². The van der Waals surface area contributed by atoms with Gasteiger partial charge in [-0.15, -0.1) is 0 Å². The summed E-state index contributed by atoms with van der Waals surface area (Å²) in [4.78, 5) is 39.9. The maximum Gasteiger partial charge on any atom is 0.341 e. The van der Waals surface area contributed by atoms with E-state index in [1.807, 2.05) is 4.90 Å². The van der Waals surface area contributed by atoms with E-state index in [4.69, 9.17) is 16.3 Å². The van der Waals surface area contributed by atoms with Crippen molar-refractivity contribution in [2.45, 2.75) is 33.1 Å². The van der Waals surface area contributed by atoms with Crippen LogP contribution in [-0.2, 0) is 4.74 Å². The quantitative estimate of drug-likeness (QED) is 0.492. The lowest BCUT2D eigenvalue weighted by Gasteiger charge is -2.27. The Balaban J connectivity index is 1.52. The number of likely N-dealkylation sites (tertiary alicyclic amines) is 1. The predicted molar refractivity (Wildman–Crippen MR) is 133 cm³/mol. The molecule has 0 spiro atoms. The summed E-state index contributed by atoms with van der Waals surface area (Å²) in [5.41, 5.74) is 2.92. The lowest BCUT2D eigenvalue weighted by Crippen LogP contribution is -2.36. The lowest BCUT2D eigenvalue weighted by atomic mass is 10.1. The Morgan fingerprint density at radius 1 is 1.03 bits per heavy atom. The minimum atomic E-state index is -0.427. The Hall–Kier alpha value is -3.65. The van der Waals surface area contributed by atoms with Crippen LogP contribution in [0.2, 0.25) is 5.02 Å².